The van der Waals surface area contributed by atoms with Crippen LogP contribution in [0.5, 0.6) is 11.5 Å². The average Bonchev–Trinajstić information content (AvgIpc) is 2.66. The molecule has 2 aromatic carbocycles. The normalized spacial score (nSPS) is 11.3. The molecule has 0 aliphatic rings. The standard InChI is InChI=1S/C20H26N2O6S/c1-13(2)22-29(25,26)15-6-7-17(16(12-15)20(23)24)21-10-9-14-5-8-18(27-3)19(11-14)28-4/h5-8,11-13,21-22H,9-10H2,1-4H3,(H,23,24). The quantitative estimate of drug-likeness (QED) is 0.539. The van der Waals surface area contributed by atoms with Crippen LogP contribution in [0.25, 0.3) is 0 Å². The summed E-state index contributed by atoms with van der Waals surface area (Å²) in [6, 6.07) is 9.26. The maximum Gasteiger partial charge on any atom is 0.337 e. The third-order valence-corrected chi connectivity index (χ3v) is 5.76. The molecule has 2 aromatic rings. The second-order valence-corrected chi connectivity index (χ2v) is 8.37. The van der Waals surface area contributed by atoms with Crippen LogP contribution >= 0.6 is 0 Å². The predicted molar refractivity (Wildman–Crippen MR) is 111 cm³/mol. The van der Waals surface area contributed by atoms with Crippen molar-refractivity contribution in [3.8, 4) is 11.5 Å². The van der Waals surface area contributed by atoms with Gasteiger partial charge in [0.15, 0.2) is 11.5 Å². The summed E-state index contributed by atoms with van der Waals surface area (Å²) in [5.74, 6) is 0.0350. The van der Waals surface area contributed by atoms with Crippen molar-refractivity contribution in [2.75, 3.05) is 26.1 Å². The molecule has 0 atom stereocenters. The largest absolute Gasteiger partial charge is 0.493 e. The summed E-state index contributed by atoms with van der Waals surface area (Å²) in [5, 5.41) is 12.6. The van der Waals surface area contributed by atoms with Crippen LogP contribution in [0.4, 0.5) is 5.69 Å². The van der Waals surface area contributed by atoms with Gasteiger partial charge in [-0.2, -0.15) is 0 Å². The Bertz CT molecular complexity index is 973. The average molecular weight is 423 g/mol. The van der Waals surface area contributed by atoms with Gasteiger partial charge in [-0.15, -0.1) is 0 Å². The van der Waals surface area contributed by atoms with Crippen molar-refractivity contribution >= 4 is 21.7 Å². The fourth-order valence-corrected chi connectivity index (χ4v) is 4.05. The third kappa shape index (κ3) is 5.85. The molecule has 0 spiro atoms. The van der Waals surface area contributed by atoms with E-state index in [0.717, 1.165) is 11.6 Å². The number of ether oxygens (including phenoxy) is 2. The number of hydrogen-bond donors (Lipinski definition) is 3. The molecule has 0 heterocycles. The van der Waals surface area contributed by atoms with E-state index in [1.54, 1.807) is 34.1 Å². The zero-order valence-corrected chi connectivity index (χ0v) is 17.7. The first-order chi connectivity index (χ1) is 13.7. The summed E-state index contributed by atoms with van der Waals surface area (Å²) in [6.45, 7) is 3.84. The Morgan fingerprint density at radius 3 is 2.34 bits per heavy atom. The minimum Gasteiger partial charge on any atom is -0.493 e. The molecule has 2 rings (SSSR count). The first-order valence-electron chi connectivity index (χ1n) is 9.02. The van der Waals surface area contributed by atoms with Crippen LogP contribution in [0.2, 0.25) is 0 Å². The molecule has 0 aromatic heterocycles. The lowest BCUT2D eigenvalue weighted by Gasteiger charge is -2.14. The molecule has 0 amide bonds. The van der Waals surface area contributed by atoms with Crippen molar-refractivity contribution in [3.05, 3.63) is 47.5 Å². The van der Waals surface area contributed by atoms with Crippen LogP contribution < -0.4 is 19.5 Å². The summed E-state index contributed by atoms with van der Waals surface area (Å²) < 4.78 is 37.5. The zero-order chi connectivity index (χ0) is 21.6. The SMILES string of the molecule is COc1ccc(CCNc2ccc(S(=O)(=O)NC(C)C)cc2C(=O)O)cc1OC. The van der Waals surface area contributed by atoms with E-state index >= 15 is 0 Å². The molecule has 3 N–H and O–H groups in total. The van der Waals surface area contributed by atoms with E-state index in [2.05, 4.69) is 10.0 Å². The highest BCUT2D eigenvalue weighted by Gasteiger charge is 2.19. The number of nitrogens with one attached hydrogen (secondary N) is 2. The smallest absolute Gasteiger partial charge is 0.337 e. The number of carbonyl (C=O) groups is 1. The fraction of sp³-hybridized carbons (Fsp3) is 0.350. The van der Waals surface area contributed by atoms with E-state index in [-0.39, 0.29) is 16.5 Å². The van der Waals surface area contributed by atoms with E-state index in [9.17, 15) is 18.3 Å². The molecule has 0 unspecified atom stereocenters. The van der Waals surface area contributed by atoms with Gasteiger partial charge in [-0.05, 0) is 56.2 Å². The summed E-state index contributed by atoms with van der Waals surface area (Å²) in [5.41, 5.74) is 1.22. The van der Waals surface area contributed by atoms with E-state index in [0.29, 0.717) is 30.2 Å². The number of carboxylic acids is 1. The molecule has 0 aliphatic carbocycles. The van der Waals surface area contributed by atoms with E-state index in [1.807, 2.05) is 12.1 Å². The minimum atomic E-state index is -3.78. The second kappa shape index (κ2) is 9.62. The fourth-order valence-electron chi connectivity index (χ4n) is 2.78. The first-order valence-corrected chi connectivity index (χ1v) is 10.5. The van der Waals surface area contributed by atoms with Gasteiger partial charge in [0.2, 0.25) is 10.0 Å². The van der Waals surface area contributed by atoms with Crippen molar-refractivity contribution in [1.82, 2.24) is 4.72 Å². The van der Waals surface area contributed by atoms with Crippen molar-refractivity contribution in [1.29, 1.82) is 0 Å². The molecule has 158 valence electrons. The Kier molecular flexibility index (Phi) is 7.46. The maximum atomic E-state index is 12.3. The van der Waals surface area contributed by atoms with Crippen molar-refractivity contribution in [2.24, 2.45) is 0 Å². The second-order valence-electron chi connectivity index (χ2n) is 6.65. The van der Waals surface area contributed by atoms with E-state index in [4.69, 9.17) is 9.47 Å². The van der Waals surface area contributed by atoms with Gasteiger partial charge in [0.25, 0.3) is 0 Å². The summed E-state index contributed by atoms with van der Waals surface area (Å²) in [6.07, 6.45) is 0.606. The van der Waals surface area contributed by atoms with Crippen LogP contribution in [0, 0.1) is 0 Å². The highest BCUT2D eigenvalue weighted by atomic mass is 32.2. The van der Waals surface area contributed by atoms with Crippen LogP contribution in [0.3, 0.4) is 0 Å². The lowest BCUT2D eigenvalue weighted by Crippen LogP contribution is -2.30. The number of hydrogen-bond acceptors (Lipinski definition) is 6. The Morgan fingerprint density at radius 2 is 1.76 bits per heavy atom. The number of methoxy groups -OCH3 is 2. The molecule has 0 bridgehead atoms. The molecule has 9 heteroatoms. The number of carboxylic acid groups (broad SMARTS) is 1. The van der Waals surface area contributed by atoms with Gasteiger partial charge in [-0.25, -0.2) is 17.9 Å². The molecular weight excluding hydrogens is 396 g/mol. The van der Waals surface area contributed by atoms with Gasteiger partial charge in [-0.3, -0.25) is 0 Å². The Labute approximate surface area is 170 Å². The topological polar surface area (TPSA) is 114 Å². The summed E-state index contributed by atoms with van der Waals surface area (Å²) in [4.78, 5) is 11.5. The zero-order valence-electron chi connectivity index (χ0n) is 16.9. The number of benzene rings is 2. The summed E-state index contributed by atoms with van der Waals surface area (Å²) in [7, 11) is -0.656. The molecule has 0 saturated carbocycles. The van der Waals surface area contributed by atoms with Crippen LogP contribution in [-0.2, 0) is 16.4 Å². The van der Waals surface area contributed by atoms with Gasteiger partial charge < -0.3 is 19.9 Å². The van der Waals surface area contributed by atoms with Crippen molar-refractivity contribution in [3.63, 3.8) is 0 Å². The molecule has 0 aliphatic heterocycles. The lowest BCUT2D eigenvalue weighted by molar-refractivity contribution is 0.0697. The third-order valence-electron chi connectivity index (χ3n) is 4.10. The molecule has 0 radical (unpaired) electrons. The lowest BCUT2D eigenvalue weighted by atomic mass is 10.1. The molecule has 8 nitrogen and oxygen atoms in total. The van der Waals surface area contributed by atoms with Crippen LogP contribution in [0.1, 0.15) is 29.8 Å². The van der Waals surface area contributed by atoms with Crippen molar-refractivity contribution < 1.29 is 27.8 Å². The maximum absolute atomic E-state index is 12.3. The molecular formula is C20H26N2O6S. The molecule has 0 fully saturated rings. The van der Waals surface area contributed by atoms with E-state index < -0.39 is 16.0 Å². The molecule has 0 saturated heterocycles. The van der Waals surface area contributed by atoms with Gasteiger partial charge in [0.1, 0.15) is 0 Å². The highest BCUT2D eigenvalue weighted by Crippen LogP contribution is 2.28. The monoisotopic (exact) mass is 422 g/mol. The summed E-state index contributed by atoms with van der Waals surface area (Å²) >= 11 is 0. The number of sulfonamides is 1. The van der Waals surface area contributed by atoms with Gasteiger partial charge in [-0.1, -0.05) is 6.07 Å². The van der Waals surface area contributed by atoms with Gasteiger partial charge >= 0.3 is 5.97 Å². The highest BCUT2D eigenvalue weighted by molar-refractivity contribution is 7.89. The number of rotatable bonds is 10. The predicted octanol–water partition coefficient (Wildman–Crippen LogP) is 2.74. The van der Waals surface area contributed by atoms with Crippen molar-refractivity contribution in [2.45, 2.75) is 31.2 Å². The Balaban J connectivity index is 2.16. The number of aromatic carboxylic acids is 1. The van der Waals surface area contributed by atoms with Gasteiger partial charge in [0.05, 0.1) is 24.7 Å². The minimum absolute atomic E-state index is 0.0889. The van der Waals surface area contributed by atoms with Crippen LogP contribution in [0.15, 0.2) is 41.3 Å². The Hall–Kier alpha value is -2.78. The Morgan fingerprint density at radius 1 is 1.07 bits per heavy atom. The van der Waals surface area contributed by atoms with Gasteiger partial charge in [0, 0.05) is 18.3 Å². The number of anilines is 1. The van der Waals surface area contributed by atoms with E-state index in [1.165, 1.54) is 12.1 Å². The van der Waals surface area contributed by atoms with Crippen LogP contribution in [-0.4, -0.2) is 46.3 Å². The molecule has 29 heavy (non-hydrogen) atoms. The first kappa shape index (κ1) is 22.5.